The third kappa shape index (κ3) is 6.89. The molecule has 16 heteroatoms. The quantitative estimate of drug-likeness (QED) is 0.161. The van der Waals surface area contributed by atoms with Crippen LogP contribution in [-0.2, 0) is 43.0 Å². The summed E-state index contributed by atoms with van der Waals surface area (Å²) >= 11 is 0. The van der Waals surface area contributed by atoms with E-state index in [0.717, 1.165) is 45.1 Å². The Kier molecular flexibility index (Phi) is 10.9. The van der Waals surface area contributed by atoms with Gasteiger partial charge in [-0.05, 0) is 98.7 Å². The Bertz CT molecular complexity index is 1550. The van der Waals surface area contributed by atoms with Crippen LogP contribution >= 0.6 is 0 Å². The molecule has 15 nitrogen and oxygen atoms in total. The van der Waals surface area contributed by atoms with E-state index in [1.165, 1.54) is 25.3 Å². The van der Waals surface area contributed by atoms with Gasteiger partial charge in [0.15, 0.2) is 18.4 Å². The first-order valence-corrected chi connectivity index (χ1v) is 21.9. The van der Waals surface area contributed by atoms with Gasteiger partial charge in [0.1, 0.15) is 42.7 Å². The van der Waals surface area contributed by atoms with E-state index in [9.17, 15) is 34.0 Å². The SMILES string of the molecule is CC1CCC2(OC1)OC1CC3C4CC=C5CC(OC6OC(CO)C(OC7OC(C)C(O)C(OS(=O)(=O)O)C7O)C(O)C6O)CCC5(C)C4CCC3(C)C1C2C. The first kappa shape index (κ1) is 40.9. The Morgan fingerprint density at radius 1 is 0.873 bits per heavy atom. The molecule has 0 bridgehead atoms. The normalized spacial score (nSPS) is 55.3. The molecule has 0 radical (unpaired) electrons. The second kappa shape index (κ2) is 14.7. The number of rotatable bonds is 7. The van der Waals surface area contributed by atoms with Crippen LogP contribution in [0.3, 0.4) is 0 Å². The van der Waals surface area contributed by atoms with E-state index < -0.39 is 84.2 Å². The van der Waals surface area contributed by atoms with Crippen LogP contribution in [0.1, 0.15) is 92.4 Å². The summed E-state index contributed by atoms with van der Waals surface area (Å²) < 4.78 is 73.4. The first-order chi connectivity index (χ1) is 25.9. The lowest BCUT2D eigenvalue weighted by Gasteiger charge is -2.58. The van der Waals surface area contributed by atoms with Crippen molar-refractivity contribution >= 4 is 10.4 Å². The number of aliphatic hydroxyl groups excluding tert-OH is 5. The molecule has 0 aromatic heterocycles. The summed E-state index contributed by atoms with van der Waals surface area (Å²) in [4.78, 5) is 0. The lowest BCUT2D eigenvalue weighted by Crippen LogP contribution is -2.64. The minimum absolute atomic E-state index is 0.0265. The van der Waals surface area contributed by atoms with Crippen molar-refractivity contribution < 1.29 is 71.1 Å². The predicted octanol–water partition coefficient (Wildman–Crippen LogP) is 2.22. The number of hydrogen-bond donors (Lipinski definition) is 6. The van der Waals surface area contributed by atoms with Crippen molar-refractivity contribution in [2.75, 3.05) is 13.2 Å². The summed E-state index contributed by atoms with van der Waals surface area (Å²) in [5.74, 6) is 2.78. The molecule has 0 aromatic carbocycles. The Morgan fingerprint density at radius 2 is 1.62 bits per heavy atom. The van der Waals surface area contributed by atoms with Crippen LogP contribution < -0.4 is 0 Å². The summed E-state index contributed by atoms with van der Waals surface area (Å²) in [5, 5.41) is 53.7. The van der Waals surface area contributed by atoms with Crippen LogP contribution in [0.5, 0.6) is 0 Å². The minimum atomic E-state index is -5.07. The highest BCUT2D eigenvalue weighted by Gasteiger charge is 2.69. The Hall–Kier alpha value is -0.830. The second-order valence-corrected chi connectivity index (χ2v) is 19.8. The topological polar surface area (TPSA) is 220 Å². The fourth-order valence-corrected chi connectivity index (χ4v) is 13.3. The zero-order valence-corrected chi connectivity index (χ0v) is 33.3. The number of aliphatic hydroxyl groups is 5. The van der Waals surface area contributed by atoms with E-state index in [1.54, 1.807) is 0 Å². The molecule has 8 aliphatic rings. The van der Waals surface area contributed by atoms with E-state index in [-0.39, 0.29) is 23.0 Å². The van der Waals surface area contributed by atoms with Gasteiger partial charge in [-0.3, -0.25) is 4.55 Å². The average molecular weight is 803 g/mol. The van der Waals surface area contributed by atoms with E-state index in [0.29, 0.717) is 41.9 Å². The highest BCUT2D eigenvalue weighted by molar-refractivity contribution is 7.80. The number of allylic oxidation sites excluding steroid dienone is 1. The molecule has 0 amide bonds. The molecular weight excluding hydrogens is 740 g/mol. The van der Waals surface area contributed by atoms with Crippen molar-refractivity contribution in [2.24, 2.45) is 46.3 Å². The molecular formula is C39H62O15S. The van der Waals surface area contributed by atoms with Gasteiger partial charge in [-0.2, -0.15) is 8.42 Å². The van der Waals surface area contributed by atoms with Gasteiger partial charge in [0.25, 0.3) is 0 Å². The second-order valence-electron chi connectivity index (χ2n) is 18.8. The van der Waals surface area contributed by atoms with Gasteiger partial charge in [-0.1, -0.05) is 39.3 Å². The predicted molar refractivity (Wildman–Crippen MR) is 192 cm³/mol. The van der Waals surface area contributed by atoms with E-state index >= 15 is 0 Å². The Balaban J connectivity index is 0.908. The smallest absolute Gasteiger partial charge is 0.394 e. The third-order valence-electron chi connectivity index (χ3n) is 15.8. The molecule has 8 rings (SSSR count). The maximum Gasteiger partial charge on any atom is 0.397 e. The average Bonchev–Trinajstić information content (AvgIpc) is 3.58. The molecule has 4 saturated heterocycles. The molecule has 21 atom stereocenters. The molecule has 0 aromatic rings. The van der Waals surface area contributed by atoms with Gasteiger partial charge in [0, 0.05) is 12.3 Å². The maximum atomic E-state index is 11.4. The fourth-order valence-electron chi connectivity index (χ4n) is 12.8. The summed E-state index contributed by atoms with van der Waals surface area (Å²) in [6.45, 7) is 11.1. The van der Waals surface area contributed by atoms with Gasteiger partial charge < -0.3 is 54.0 Å². The van der Waals surface area contributed by atoms with Crippen LogP contribution in [0.25, 0.3) is 0 Å². The van der Waals surface area contributed by atoms with Crippen LogP contribution in [0.4, 0.5) is 0 Å². The van der Waals surface area contributed by atoms with Gasteiger partial charge in [-0.25, -0.2) is 4.18 Å². The lowest BCUT2D eigenvalue weighted by atomic mass is 9.47. The molecule has 21 unspecified atom stereocenters. The fraction of sp³-hybridized carbons (Fsp3) is 0.949. The van der Waals surface area contributed by atoms with Gasteiger partial charge in [0.05, 0.1) is 31.5 Å². The first-order valence-electron chi connectivity index (χ1n) is 20.5. The Labute approximate surface area is 323 Å². The van der Waals surface area contributed by atoms with Crippen molar-refractivity contribution in [3.63, 3.8) is 0 Å². The van der Waals surface area contributed by atoms with Gasteiger partial charge in [0.2, 0.25) is 0 Å². The largest absolute Gasteiger partial charge is 0.397 e. The monoisotopic (exact) mass is 802 g/mol. The summed E-state index contributed by atoms with van der Waals surface area (Å²) in [6.07, 6.45) is -4.22. The molecule has 4 aliphatic heterocycles. The molecule has 55 heavy (non-hydrogen) atoms. The highest BCUT2D eigenvalue weighted by atomic mass is 32.3. The van der Waals surface area contributed by atoms with Crippen molar-refractivity contribution in [1.82, 2.24) is 0 Å². The molecule has 4 aliphatic carbocycles. The summed E-state index contributed by atoms with van der Waals surface area (Å²) in [5.41, 5.74) is 1.62. The van der Waals surface area contributed by atoms with E-state index in [1.807, 2.05) is 0 Å². The third-order valence-corrected chi connectivity index (χ3v) is 16.2. The van der Waals surface area contributed by atoms with Crippen molar-refractivity contribution in [2.45, 2.75) is 172 Å². The number of hydrogen-bond acceptors (Lipinski definition) is 14. The molecule has 7 fully saturated rings. The van der Waals surface area contributed by atoms with Crippen LogP contribution in [0.15, 0.2) is 11.6 Å². The van der Waals surface area contributed by atoms with E-state index in [2.05, 4.69) is 38.0 Å². The number of ether oxygens (including phenoxy) is 6. The van der Waals surface area contributed by atoms with Crippen LogP contribution in [0, 0.1) is 46.3 Å². The van der Waals surface area contributed by atoms with Crippen molar-refractivity contribution in [1.29, 1.82) is 0 Å². The highest BCUT2D eigenvalue weighted by Crippen LogP contribution is 2.70. The Morgan fingerprint density at radius 3 is 2.31 bits per heavy atom. The lowest BCUT2D eigenvalue weighted by molar-refractivity contribution is -0.359. The van der Waals surface area contributed by atoms with Crippen molar-refractivity contribution in [3.8, 4) is 0 Å². The van der Waals surface area contributed by atoms with Crippen LogP contribution in [0.2, 0.25) is 0 Å². The molecule has 1 spiro atoms. The zero-order valence-electron chi connectivity index (χ0n) is 32.5. The molecule has 6 N–H and O–H groups in total. The van der Waals surface area contributed by atoms with Crippen LogP contribution in [-0.4, -0.2) is 131 Å². The summed E-state index contributed by atoms with van der Waals surface area (Å²) in [6, 6.07) is 0. The maximum absolute atomic E-state index is 11.4. The van der Waals surface area contributed by atoms with E-state index in [4.69, 9.17) is 33.0 Å². The summed E-state index contributed by atoms with van der Waals surface area (Å²) in [7, 11) is -5.07. The van der Waals surface area contributed by atoms with Crippen molar-refractivity contribution in [3.05, 3.63) is 11.6 Å². The minimum Gasteiger partial charge on any atom is -0.394 e. The molecule has 4 heterocycles. The van der Waals surface area contributed by atoms with Gasteiger partial charge >= 0.3 is 10.4 Å². The standard InChI is InChI=1S/C39H62O15S/c1-18-8-13-39(48-17-18)19(2)28-26(53-39)15-25-23-7-6-21-14-22(9-11-37(21,4)24(23)10-12-38(25,28)5)50-35-31(43)30(42)33(27(16-40)51-35)52-36-32(44)34(54-55(45,46)47)29(41)20(3)49-36/h6,18-20,22-36,40-44H,7-17H2,1-5H3,(H,45,46,47). The number of fused-ring (bicyclic) bond motifs is 7. The van der Waals surface area contributed by atoms with Gasteiger partial charge in [-0.15, -0.1) is 0 Å². The zero-order chi connectivity index (χ0) is 39.4. The molecule has 314 valence electrons. The molecule has 3 saturated carbocycles.